The van der Waals surface area contributed by atoms with E-state index in [4.69, 9.17) is 4.74 Å². The van der Waals surface area contributed by atoms with Crippen LogP contribution in [0.1, 0.15) is 67.2 Å². The van der Waals surface area contributed by atoms with Gasteiger partial charge in [0.1, 0.15) is 0 Å². The summed E-state index contributed by atoms with van der Waals surface area (Å²) in [5, 5.41) is 3.69. The molecule has 0 fully saturated rings. The van der Waals surface area contributed by atoms with Crippen LogP contribution in [-0.2, 0) is 4.74 Å². The molecule has 0 saturated heterocycles. The molecule has 0 aromatic rings. The minimum Gasteiger partial charge on any atom is -0.374 e. The zero-order valence-electron chi connectivity index (χ0n) is 12.8. The maximum Gasteiger partial charge on any atom is 0.0804 e. The lowest BCUT2D eigenvalue weighted by Crippen LogP contribution is -2.51. The molecule has 0 aliphatic carbocycles. The zero-order valence-corrected chi connectivity index (χ0v) is 12.8. The monoisotopic (exact) mass is 243 g/mol. The van der Waals surface area contributed by atoms with Crippen molar-refractivity contribution >= 4 is 0 Å². The van der Waals surface area contributed by atoms with Crippen molar-refractivity contribution in [3.8, 4) is 0 Å². The number of hydrogen-bond acceptors (Lipinski definition) is 2. The molecule has 3 unspecified atom stereocenters. The van der Waals surface area contributed by atoms with Gasteiger partial charge < -0.3 is 10.1 Å². The van der Waals surface area contributed by atoms with Crippen molar-refractivity contribution in [2.75, 3.05) is 13.2 Å². The first-order chi connectivity index (χ1) is 8.03. The number of rotatable bonds is 10. The quantitative estimate of drug-likeness (QED) is 0.626. The minimum atomic E-state index is -0.0205. The third-order valence-corrected chi connectivity index (χ3v) is 3.89. The van der Waals surface area contributed by atoms with Crippen LogP contribution in [-0.4, -0.2) is 24.8 Å². The van der Waals surface area contributed by atoms with E-state index in [-0.39, 0.29) is 5.60 Å². The van der Waals surface area contributed by atoms with Gasteiger partial charge in [0.25, 0.3) is 0 Å². The fourth-order valence-electron chi connectivity index (χ4n) is 2.21. The van der Waals surface area contributed by atoms with Crippen LogP contribution >= 0.6 is 0 Å². The summed E-state index contributed by atoms with van der Waals surface area (Å²) < 4.78 is 6.02. The second-order valence-corrected chi connectivity index (χ2v) is 5.36. The predicted molar refractivity (Wildman–Crippen MR) is 76.5 cm³/mol. The molecule has 0 spiro atoms. The summed E-state index contributed by atoms with van der Waals surface area (Å²) in [5.74, 6) is 0.760. The van der Waals surface area contributed by atoms with Gasteiger partial charge in [0.15, 0.2) is 0 Å². The summed E-state index contributed by atoms with van der Waals surface area (Å²) >= 11 is 0. The molecule has 0 aromatic carbocycles. The Kier molecular flexibility index (Phi) is 8.89. The summed E-state index contributed by atoms with van der Waals surface area (Å²) in [5.41, 5.74) is -0.0205. The van der Waals surface area contributed by atoms with Crippen molar-refractivity contribution < 1.29 is 4.74 Å². The fraction of sp³-hybridized carbons (Fsp3) is 1.00. The minimum absolute atomic E-state index is 0.0205. The van der Waals surface area contributed by atoms with Crippen molar-refractivity contribution in [3.63, 3.8) is 0 Å². The molecule has 3 atom stereocenters. The summed E-state index contributed by atoms with van der Waals surface area (Å²) in [7, 11) is 0. The molecule has 17 heavy (non-hydrogen) atoms. The molecule has 1 N–H and O–H groups in total. The van der Waals surface area contributed by atoms with Crippen LogP contribution in [0.3, 0.4) is 0 Å². The normalized spacial score (nSPS) is 18.7. The molecule has 0 bridgehead atoms. The average molecular weight is 243 g/mol. The first-order valence-corrected chi connectivity index (χ1v) is 7.41. The van der Waals surface area contributed by atoms with Crippen LogP contribution in [0.15, 0.2) is 0 Å². The smallest absolute Gasteiger partial charge is 0.0804 e. The highest BCUT2D eigenvalue weighted by molar-refractivity contribution is 4.89. The van der Waals surface area contributed by atoms with Gasteiger partial charge in [-0.05, 0) is 45.6 Å². The maximum absolute atomic E-state index is 6.02. The van der Waals surface area contributed by atoms with E-state index in [1.54, 1.807) is 0 Å². The third-order valence-electron chi connectivity index (χ3n) is 3.89. The molecule has 0 aromatic heterocycles. The summed E-state index contributed by atoms with van der Waals surface area (Å²) in [4.78, 5) is 0. The largest absolute Gasteiger partial charge is 0.374 e. The van der Waals surface area contributed by atoms with E-state index in [1.807, 2.05) is 0 Å². The Morgan fingerprint density at radius 1 is 1.18 bits per heavy atom. The van der Waals surface area contributed by atoms with Gasteiger partial charge in [-0.25, -0.2) is 0 Å². The van der Waals surface area contributed by atoms with Crippen molar-refractivity contribution in [1.29, 1.82) is 0 Å². The highest BCUT2D eigenvalue weighted by Gasteiger charge is 2.33. The molecule has 0 amide bonds. The number of nitrogens with one attached hydrogen (secondary N) is 1. The Morgan fingerprint density at radius 3 is 2.24 bits per heavy atom. The van der Waals surface area contributed by atoms with Gasteiger partial charge in [-0.3, -0.25) is 0 Å². The van der Waals surface area contributed by atoms with Gasteiger partial charge in [-0.15, -0.1) is 0 Å². The standard InChI is InChI=1S/C15H33NO/c1-7-11-16-14(12-13(5)8-2)15(6,9-3)17-10-4/h13-14,16H,7-12H2,1-6H3. The van der Waals surface area contributed by atoms with E-state index in [0.29, 0.717) is 6.04 Å². The molecule has 0 rings (SSSR count). The van der Waals surface area contributed by atoms with Crippen LogP contribution < -0.4 is 5.32 Å². The molecule has 0 radical (unpaired) electrons. The number of ether oxygens (including phenoxy) is 1. The Morgan fingerprint density at radius 2 is 1.82 bits per heavy atom. The van der Waals surface area contributed by atoms with Crippen LogP contribution in [0, 0.1) is 5.92 Å². The Bertz CT molecular complexity index is 184. The molecule has 104 valence electrons. The highest BCUT2D eigenvalue weighted by Crippen LogP contribution is 2.26. The van der Waals surface area contributed by atoms with Crippen LogP contribution in [0.4, 0.5) is 0 Å². The topological polar surface area (TPSA) is 21.3 Å². The average Bonchev–Trinajstić information content (AvgIpc) is 2.34. The SMILES string of the molecule is CCCNC(CC(C)CC)C(C)(CC)OCC. The van der Waals surface area contributed by atoms with E-state index in [2.05, 4.69) is 46.9 Å². The van der Waals surface area contributed by atoms with Crippen LogP contribution in [0.25, 0.3) is 0 Å². The predicted octanol–water partition coefficient (Wildman–Crippen LogP) is 4.00. The molecule has 2 heteroatoms. The second-order valence-electron chi connectivity index (χ2n) is 5.36. The van der Waals surface area contributed by atoms with E-state index >= 15 is 0 Å². The summed E-state index contributed by atoms with van der Waals surface area (Å²) in [6.45, 7) is 15.3. The first-order valence-electron chi connectivity index (χ1n) is 7.41. The third kappa shape index (κ3) is 5.87. The Hall–Kier alpha value is -0.0800. The highest BCUT2D eigenvalue weighted by atomic mass is 16.5. The zero-order chi connectivity index (χ0) is 13.3. The van der Waals surface area contributed by atoms with Gasteiger partial charge in [0.2, 0.25) is 0 Å². The fourth-order valence-corrected chi connectivity index (χ4v) is 2.21. The molecular formula is C15H33NO. The summed E-state index contributed by atoms with van der Waals surface area (Å²) in [6, 6.07) is 0.474. The van der Waals surface area contributed by atoms with Gasteiger partial charge >= 0.3 is 0 Å². The van der Waals surface area contributed by atoms with Crippen molar-refractivity contribution in [2.24, 2.45) is 5.92 Å². The van der Waals surface area contributed by atoms with Gasteiger partial charge in [0.05, 0.1) is 5.60 Å². The first kappa shape index (κ1) is 16.9. The molecular weight excluding hydrogens is 210 g/mol. The van der Waals surface area contributed by atoms with E-state index < -0.39 is 0 Å². The van der Waals surface area contributed by atoms with Crippen LogP contribution in [0.2, 0.25) is 0 Å². The molecule has 0 saturated carbocycles. The van der Waals surface area contributed by atoms with E-state index in [0.717, 1.165) is 25.5 Å². The van der Waals surface area contributed by atoms with E-state index in [9.17, 15) is 0 Å². The van der Waals surface area contributed by atoms with Gasteiger partial charge in [-0.1, -0.05) is 34.1 Å². The Labute approximate surface area is 109 Å². The lowest BCUT2D eigenvalue weighted by atomic mass is 9.85. The molecule has 0 aliphatic rings. The van der Waals surface area contributed by atoms with Gasteiger partial charge in [-0.2, -0.15) is 0 Å². The lowest BCUT2D eigenvalue weighted by Gasteiger charge is -2.38. The van der Waals surface area contributed by atoms with Crippen molar-refractivity contribution in [3.05, 3.63) is 0 Å². The summed E-state index contributed by atoms with van der Waals surface area (Å²) in [6.07, 6.45) is 4.71. The van der Waals surface area contributed by atoms with Crippen molar-refractivity contribution in [2.45, 2.75) is 78.9 Å². The molecule has 0 aliphatic heterocycles. The maximum atomic E-state index is 6.02. The van der Waals surface area contributed by atoms with Crippen LogP contribution in [0.5, 0.6) is 0 Å². The molecule has 2 nitrogen and oxygen atoms in total. The van der Waals surface area contributed by atoms with Gasteiger partial charge in [0, 0.05) is 12.6 Å². The molecule has 0 heterocycles. The van der Waals surface area contributed by atoms with Crippen molar-refractivity contribution in [1.82, 2.24) is 5.32 Å². The second kappa shape index (κ2) is 8.93. The van der Waals surface area contributed by atoms with E-state index in [1.165, 1.54) is 19.3 Å². The number of hydrogen-bond donors (Lipinski definition) is 1. The Balaban J connectivity index is 4.60. The lowest BCUT2D eigenvalue weighted by molar-refractivity contribution is -0.0599.